The second-order valence-corrected chi connectivity index (χ2v) is 5.32. The predicted octanol–water partition coefficient (Wildman–Crippen LogP) is 2.46. The predicted molar refractivity (Wildman–Crippen MR) is 71.9 cm³/mol. The maximum atomic E-state index is 11.8. The van der Waals surface area contributed by atoms with Gasteiger partial charge < -0.3 is 10.6 Å². The van der Waals surface area contributed by atoms with Crippen molar-refractivity contribution in [2.45, 2.75) is 71.4 Å². The fourth-order valence-corrected chi connectivity index (χ4v) is 2.64. The van der Waals surface area contributed by atoms with Crippen LogP contribution in [0.3, 0.4) is 0 Å². The van der Waals surface area contributed by atoms with Gasteiger partial charge in [0.1, 0.15) is 0 Å². The third-order valence-corrected chi connectivity index (χ3v) is 3.79. The van der Waals surface area contributed by atoms with Crippen LogP contribution >= 0.6 is 0 Å². The highest BCUT2D eigenvalue weighted by Crippen LogP contribution is 2.26. The van der Waals surface area contributed by atoms with E-state index in [1.165, 1.54) is 32.1 Å². The summed E-state index contributed by atoms with van der Waals surface area (Å²) in [5.41, 5.74) is 0. The van der Waals surface area contributed by atoms with Gasteiger partial charge in [0.15, 0.2) is 0 Å². The SMILES string of the molecule is CCCNC(=O)C(C)NC1CCCC(CC)C1. The Hall–Kier alpha value is -0.570. The summed E-state index contributed by atoms with van der Waals surface area (Å²) in [6, 6.07) is 0.484. The van der Waals surface area contributed by atoms with Crippen molar-refractivity contribution < 1.29 is 4.79 Å². The van der Waals surface area contributed by atoms with Gasteiger partial charge in [-0.3, -0.25) is 4.79 Å². The van der Waals surface area contributed by atoms with E-state index in [-0.39, 0.29) is 11.9 Å². The minimum absolute atomic E-state index is 0.0536. The summed E-state index contributed by atoms with van der Waals surface area (Å²) in [6.07, 6.45) is 7.41. The summed E-state index contributed by atoms with van der Waals surface area (Å²) in [4.78, 5) is 11.8. The summed E-state index contributed by atoms with van der Waals surface area (Å²) < 4.78 is 0. The number of hydrogen-bond donors (Lipinski definition) is 2. The fraction of sp³-hybridized carbons (Fsp3) is 0.929. The lowest BCUT2D eigenvalue weighted by atomic mass is 9.84. The summed E-state index contributed by atoms with van der Waals surface area (Å²) in [5, 5.41) is 6.43. The van der Waals surface area contributed by atoms with Crippen molar-refractivity contribution in [1.29, 1.82) is 0 Å². The van der Waals surface area contributed by atoms with Crippen molar-refractivity contribution in [1.82, 2.24) is 10.6 Å². The Kier molecular flexibility index (Phi) is 6.56. The van der Waals surface area contributed by atoms with E-state index in [0.717, 1.165) is 18.9 Å². The fourth-order valence-electron chi connectivity index (χ4n) is 2.64. The molecule has 100 valence electrons. The zero-order valence-electron chi connectivity index (χ0n) is 11.6. The Balaban J connectivity index is 2.29. The molecule has 3 unspecified atom stereocenters. The van der Waals surface area contributed by atoms with Crippen LogP contribution in [0, 0.1) is 5.92 Å². The second kappa shape index (κ2) is 7.70. The van der Waals surface area contributed by atoms with Gasteiger partial charge >= 0.3 is 0 Å². The smallest absolute Gasteiger partial charge is 0.236 e. The second-order valence-electron chi connectivity index (χ2n) is 5.32. The monoisotopic (exact) mass is 240 g/mol. The molecule has 2 N–H and O–H groups in total. The first-order valence-corrected chi connectivity index (χ1v) is 7.21. The van der Waals surface area contributed by atoms with E-state index >= 15 is 0 Å². The number of nitrogens with one attached hydrogen (secondary N) is 2. The number of hydrogen-bond acceptors (Lipinski definition) is 2. The van der Waals surface area contributed by atoms with Gasteiger partial charge in [0.25, 0.3) is 0 Å². The third kappa shape index (κ3) is 5.07. The van der Waals surface area contributed by atoms with Crippen LogP contribution in [-0.2, 0) is 4.79 Å². The van der Waals surface area contributed by atoms with E-state index < -0.39 is 0 Å². The van der Waals surface area contributed by atoms with Crippen LogP contribution in [0.15, 0.2) is 0 Å². The minimum atomic E-state index is -0.0536. The standard InChI is InChI=1S/C14H28N2O/c1-4-9-15-14(17)11(3)16-13-8-6-7-12(5-2)10-13/h11-13,16H,4-10H2,1-3H3,(H,15,17). The van der Waals surface area contributed by atoms with Crippen LogP contribution < -0.4 is 10.6 Å². The van der Waals surface area contributed by atoms with Gasteiger partial charge in [-0.25, -0.2) is 0 Å². The van der Waals surface area contributed by atoms with E-state index in [2.05, 4.69) is 24.5 Å². The van der Waals surface area contributed by atoms with Crippen LogP contribution in [0.2, 0.25) is 0 Å². The molecule has 1 fully saturated rings. The molecule has 0 radical (unpaired) electrons. The number of carbonyl (C=O) groups is 1. The molecule has 0 aromatic carbocycles. The molecule has 1 saturated carbocycles. The van der Waals surface area contributed by atoms with E-state index in [9.17, 15) is 4.79 Å². The zero-order valence-corrected chi connectivity index (χ0v) is 11.6. The van der Waals surface area contributed by atoms with Gasteiger partial charge in [-0.15, -0.1) is 0 Å². The molecule has 3 atom stereocenters. The Bertz CT molecular complexity index is 230. The Morgan fingerprint density at radius 3 is 2.76 bits per heavy atom. The van der Waals surface area contributed by atoms with E-state index in [1.54, 1.807) is 0 Å². The van der Waals surface area contributed by atoms with E-state index in [4.69, 9.17) is 0 Å². The normalized spacial score (nSPS) is 26.5. The minimum Gasteiger partial charge on any atom is -0.355 e. The van der Waals surface area contributed by atoms with E-state index in [1.807, 2.05) is 6.92 Å². The van der Waals surface area contributed by atoms with Crippen LogP contribution in [0.4, 0.5) is 0 Å². The molecule has 0 bridgehead atoms. The highest BCUT2D eigenvalue weighted by atomic mass is 16.2. The van der Waals surface area contributed by atoms with Gasteiger partial charge in [0.2, 0.25) is 5.91 Å². The lowest BCUT2D eigenvalue weighted by Gasteiger charge is -2.31. The summed E-state index contributed by atoms with van der Waals surface area (Å²) in [5.74, 6) is 0.998. The molecular formula is C14H28N2O. The maximum Gasteiger partial charge on any atom is 0.236 e. The first-order valence-electron chi connectivity index (χ1n) is 7.21. The Morgan fingerprint density at radius 1 is 1.35 bits per heavy atom. The van der Waals surface area contributed by atoms with Crippen molar-refractivity contribution in [3.8, 4) is 0 Å². The maximum absolute atomic E-state index is 11.8. The molecule has 3 heteroatoms. The van der Waals surface area contributed by atoms with Crippen molar-refractivity contribution in [3.63, 3.8) is 0 Å². The summed E-state index contributed by atoms with van der Waals surface area (Å²) in [7, 11) is 0. The first kappa shape index (κ1) is 14.5. The zero-order chi connectivity index (χ0) is 12.7. The van der Waals surface area contributed by atoms with Gasteiger partial charge in [-0.1, -0.05) is 33.1 Å². The molecule has 17 heavy (non-hydrogen) atoms. The lowest BCUT2D eigenvalue weighted by Crippen LogP contribution is -2.48. The number of amides is 1. The van der Waals surface area contributed by atoms with Crippen LogP contribution in [-0.4, -0.2) is 24.5 Å². The molecule has 1 amide bonds. The summed E-state index contributed by atoms with van der Waals surface area (Å²) in [6.45, 7) is 7.10. The summed E-state index contributed by atoms with van der Waals surface area (Å²) >= 11 is 0. The van der Waals surface area contributed by atoms with Crippen LogP contribution in [0.25, 0.3) is 0 Å². The Labute approximate surface area is 106 Å². The van der Waals surface area contributed by atoms with Crippen molar-refractivity contribution in [2.24, 2.45) is 5.92 Å². The molecule has 0 aliphatic heterocycles. The van der Waals surface area contributed by atoms with Gasteiger partial charge in [0.05, 0.1) is 6.04 Å². The molecular weight excluding hydrogens is 212 g/mol. The van der Waals surface area contributed by atoms with Crippen LogP contribution in [0.5, 0.6) is 0 Å². The molecule has 3 nitrogen and oxygen atoms in total. The van der Waals surface area contributed by atoms with E-state index in [0.29, 0.717) is 6.04 Å². The van der Waals surface area contributed by atoms with Gasteiger partial charge in [-0.2, -0.15) is 0 Å². The molecule has 1 aliphatic carbocycles. The molecule has 1 rings (SSSR count). The molecule has 0 spiro atoms. The molecule has 0 saturated heterocycles. The van der Waals surface area contributed by atoms with Gasteiger partial charge in [-0.05, 0) is 32.1 Å². The average Bonchev–Trinajstić information content (AvgIpc) is 2.36. The number of rotatable bonds is 6. The topological polar surface area (TPSA) is 41.1 Å². The largest absolute Gasteiger partial charge is 0.355 e. The lowest BCUT2D eigenvalue weighted by molar-refractivity contribution is -0.123. The highest BCUT2D eigenvalue weighted by Gasteiger charge is 2.23. The van der Waals surface area contributed by atoms with Crippen LogP contribution in [0.1, 0.15) is 59.3 Å². The molecule has 0 aromatic rings. The van der Waals surface area contributed by atoms with Gasteiger partial charge in [0, 0.05) is 12.6 Å². The molecule has 1 aliphatic rings. The Morgan fingerprint density at radius 2 is 2.12 bits per heavy atom. The first-order chi connectivity index (χ1) is 8.17. The highest BCUT2D eigenvalue weighted by molar-refractivity contribution is 5.81. The average molecular weight is 240 g/mol. The van der Waals surface area contributed by atoms with Crippen molar-refractivity contribution in [2.75, 3.05) is 6.54 Å². The molecule has 0 aromatic heterocycles. The quantitative estimate of drug-likeness (QED) is 0.749. The number of carbonyl (C=O) groups excluding carboxylic acids is 1. The van der Waals surface area contributed by atoms with Crippen molar-refractivity contribution in [3.05, 3.63) is 0 Å². The van der Waals surface area contributed by atoms with Crippen molar-refractivity contribution >= 4 is 5.91 Å². The third-order valence-electron chi connectivity index (χ3n) is 3.79. The molecule has 0 heterocycles.